The zero-order valence-electron chi connectivity index (χ0n) is 15.5. The molecule has 2 rings (SSSR count). The van der Waals surface area contributed by atoms with Gasteiger partial charge in [0.15, 0.2) is 9.84 Å². The maximum absolute atomic E-state index is 11.5. The van der Waals surface area contributed by atoms with E-state index in [0.717, 1.165) is 24.1 Å². The average molecular weight is 405 g/mol. The summed E-state index contributed by atoms with van der Waals surface area (Å²) in [5.74, 6) is 0. The lowest BCUT2D eigenvalue weighted by Crippen LogP contribution is -2.24. The molecule has 0 bridgehead atoms. The van der Waals surface area contributed by atoms with Crippen molar-refractivity contribution in [1.29, 1.82) is 5.26 Å². The molecule has 0 aromatic heterocycles. The molecule has 0 fully saturated rings. The Hall–Kier alpha value is -2.43. The average Bonchev–Trinajstić information content (AvgIpc) is 2.64. The van der Waals surface area contributed by atoms with Gasteiger partial charge in [0.2, 0.25) is 0 Å². The van der Waals surface area contributed by atoms with Crippen LogP contribution in [-0.4, -0.2) is 27.8 Å². The molecule has 0 saturated heterocycles. The van der Waals surface area contributed by atoms with E-state index in [0.29, 0.717) is 29.4 Å². The fourth-order valence-electron chi connectivity index (χ4n) is 2.52. The first-order chi connectivity index (χ1) is 12.8. The zero-order valence-corrected chi connectivity index (χ0v) is 17.0. The highest BCUT2D eigenvalue weighted by atomic mass is 35.5. The second-order valence-electron chi connectivity index (χ2n) is 6.00. The van der Waals surface area contributed by atoms with E-state index in [1.54, 1.807) is 12.1 Å². The smallest absolute Gasteiger partial charge is 0.175 e. The molecule has 0 atom stereocenters. The monoisotopic (exact) mass is 404 g/mol. The Morgan fingerprint density at radius 2 is 1.81 bits per heavy atom. The van der Waals surface area contributed by atoms with Crippen LogP contribution in [0.4, 0.5) is 17.1 Å². The van der Waals surface area contributed by atoms with E-state index in [9.17, 15) is 8.42 Å². The fourth-order valence-corrected chi connectivity index (χ4v) is 3.43. The Morgan fingerprint density at radius 3 is 2.37 bits per heavy atom. The lowest BCUT2D eigenvalue weighted by molar-refractivity contribution is 0.602. The molecular formula is C19H21ClN4O2S. The van der Waals surface area contributed by atoms with Gasteiger partial charge >= 0.3 is 0 Å². The van der Waals surface area contributed by atoms with Gasteiger partial charge < -0.3 is 4.90 Å². The Bertz CT molecular complexity index is 980. The van der Waals surface area contributed by atoms with Crippen LogP contribution >= 0.6 is 11.6 Å². The number of halogens is 1. The van der Waals surface area contributed by atoms with Crippen molar-refractivity contribution < 1.29 is 8.42 Å². The van der Waals surface area contributed by atoms with Crippen molar-refractivity contribution in [3.05, 3.63) is 47.0 Å². The van der Waals surface area contributed by atoms with Crippen LogP contribution in [0.1, 0.15) is 18.9 Å². The molecule has 6 nitrogen and oxygen atoms in total. The summed E-state index contributed by atoms with van der Waals surface area (Å²) in [4.78, 5) is 2.28. The number of anilines is 1. The summed E-state index contributed by atoms with van der Waals surface area (Å²) >= 11 is 6.51. The number of nitrogens with zero attached hydrogens (tertiary/aromatic N) is 4. The van der Waals surface area contributed by atoms with Crippen molar-refractivity contribution in [2.45, 2.75) is 25.2 Å². The molecule has 0 aliphatic rings. The van der Waals surface area contributed by atoms with Crippen LogP contribution in [0.15, 0.2) is 51.5 Å². The maximum atomic E-state index is 11.5. The van der Waals surface area contributed by atoms with Gasteiger partial charge in [-0.25, -0.2) is 8.42 Å². The van der Waals surface area contributed by atoms with Crippen LogP contribution in [0, 0.1) is 18.3 Å². The van der Waals surface area contributed by atoms with Gasteiger partial charge in [0.1, 0.15) is 0 Å². The van der Waals surface area contributed by atoms with Gasteiger partial charge in [-0.05, 0) is 55.8 Å². The van der Waals surface area contributed by atoms with E-state index < -0.39 is 9.84 Å². The lowest BCUT2D eigenvalue weighted by atomic mass is 10.1. The molecule has 0 unspecified atom stereocenters. The molecule has 27 heavy (non-hydrogen) atoms. The Labute approximate surface area is 165 Å². The molecule has 2 aromatic rings. The summed E-state index contributed by atoms with van der Waals surface area (Å²) in [5, 5.41) is 17.8. The molecule has 8 heteroatoms. The Morgan fingerprint density at radius 1 is 1.15 bits per heavy atom. The first-order valence-electron chi connectivity index (χ1n) is 8.40. The van der Waals surface area contributed by atoms with Crippen LogP contribution in [0.2, 0.25) is 5.02 Å². The molecular weight excluding hydrogens is 384 g/mol. The van der Waals surface area contributed by atoms with Gasteiger partial charge in [-0.2, -0.15) is 15.5 Å². The SMILES string of the molecule is CCN(CCC#N)c1ccc(N=Nc2ccc(S(C)(=O)=O)cc2)c(C)c1Cl. The number of benzene rings is 2. The minimum absolute atomic E-state index is 0.238. The molecule has 2 aromatic carbocycles. The Balaban J connectivity index is 2.26. The maximum Gasteiger partial charge on any atom is 0.175 e. The second kappa shape index (κ2) is 8.98. The van der Waals surface area contributed by atoms with E-state index in [1.165, 1.54) is 12.1 Å². The largest absolute Gasteiger partial charge is 0.370 e. The van der Waals surface area contributed by atoms with Crippen molar-refractivity contribution in [1.82, 2.24) is 0 Å². The van der Waals surface area contributed by atoms with E-state index >= 15 is 0 Å². The normalized spacial score (nSPS) is 11.5. The number of sulfone groups is 1. The predicted molar refractivity (Wildman–Crippen MR) is 108 cm³/mol. The number of azo groups is 1. The quantitative estimate of drug-likeness (QED) is 0.593. The van der Waals surface area contributed by atoms with Crippen LogP contribution < -0.4 is 4.90 Å². The highest BCUT2D eigenvalue weighted by Gasteiger charge is 2.13. The Kier molecular flexibility index (Phi) is 6.94. The van der Waals surface area contributed by atoms with E-state index in [-0.39, 0.29) is 4.90 Å². The molecule has 0 saturated carbocycles. The first-order valence-corrected chi connectivity index (χ1v) is 10.7. The zero-order chi connectivity index (χ0) is 20.0. The highest BCUT2D eigenvalue weighted by Crippen LogP contribution is 2.35. The standard InChI is InChI=1S/C19H21ClN4O2S/c1-4-24(13-5-12-21)18-11-10-17(14(2)19(18)20)23-22-15-6-8-16(9-7-15)27(3,25)26/h6-11H,4-5,13H2,1-3H3. The van der Waals surface area contributed by atoms with E-state index in [2.05, 4.69) is 16.3 Å². The van der Waals surface area contributed by atoms with Gasteiger partial charge in [0.05, 0.1) is 39.5 Å². The van der Waals surface area contributed by atoms with Crippen molar-refractivity contribution in [2.24, 2.45) is 10.2 Å². The van der Waals surface area contributed by atoms with Gasteiger partial charge in [0, 0.05) is 19.3 Å². The minimum Gasteiger partial charge on any atom is -0.370 e. The van der Waals surface area contributed by atoms with Crippen molar-refractivity contribution >= 4 is 38.5 Å². The summed E-state index contributed by atoms with van der Waals surface area (Å²) in [6, 6.07) is 12.1. The van der Waals surface area contributed by atoms with Crippen LogP contribution in [0.5, 0.6) is 0 Å². The minimum atomic E-state index is -3.24. The topological polar surface area (TPSA) is 85.9 Å². The van der Waals surface area contributed by atoms with Crippen LogP contribution in [0.25, 0.3) is 0 Å². The third-order valence-corrected chi connectivity index (χ3v) is 5.70. The molecule has 0 radical (unpaired) electrons. The molecule has 0 spiro atoms. The van der Waals surface area contributed by atoms with Crippen molar-refractivity contribution in [3.8, 4) is 6.07 Å². The molecule has 0 heterocycles. The molecule has 0 N–H and O–H groups in total. The number of hydrogen-bond donors (Lipinski definition) is 0. The highest BCUT2D eigenvalue weighted by molar-refractivity contribution is 7.90. The summed E-state index contributed by atoms with van der Waals surface area (Å²) in [7, 11) is -3.24. The number of hydrogen-bond acceptors (Lipinski definition) is 6. The number of rotatable bonds is 7. The van der Waals surface area contributed by atoms with Crippen LogP contribution in [-0.2, 0) is 9.84 Å². The van der Waals surface area contributed by atoms with Crippen molar-refractivity contribution in [2.75, 3.05) is 24.2 Å². The molecule has 0 aliphatic carbocycles. The number of nitriles is 1. The van der Waals surface area contributed by atoms with E-state index in [1.807, 2.05) is 30.9 Å². The molecule has 0 amide bonds. The van der Waals surface area contributed by atoms with Gasteiger partial charge in [-0.1, -0.05) is 11.6 Å². The lowest BCUT2D eigenvalue weighted by Gasteiger charge is -2.24. The summed E-state index contributed by atoms with van der Waals surface area (Å²) in [6.07, 6.45) is 1.58. The predicted octanol–water partition coefficient (Wildman–Crippen LogP) is 5.21. The van der Waals surface area contributed by atoms with Gasteiger partial charge in [0.25, 0.3) is 0 Å². The molecule has 142 valence electrons. The van der Waals surface area contributed by atoms with Crippen LogP contribution in [0.3, 0.4) is 0 Å². The second-order valence-corrected chi connectivity index (χ2v) is 8.39. The third-order valence-electron chi connectivity index (χ3n) is 4.09. The van der Waals surface area contributed by atoms with Gasteiger partial charge in [-0.15, -0.1) is 0 Å². The summed E-state index contributed by atoms with van der Waals surface area (Å²) < 4.78 is 23.0. The van der Waals surface area contributed by atoms with Gasteiger partial charge in [-0.3, -0.25) is 0 Å². The molecule has 0 aliphatic heterocycles. The summed E-state index contributed by atoms with van der Waals surface area (Å²) in [5.41, 5.74) is 2.84. The van der Waals surface area contributed by atoms with E-state index in [4.69, 9.17) is 16.9 Å². The van der Waals surface area contributed by atoms with Crippen molar-refractivity contribution in [3.63, 3.8) is 0 Å². The third kappa shape index (κ3) is 5.28. The summed E-state index contributed by atoms with van der Waals surface area (Å²) in [6.45, 7) is 5.23. The first kappa shape index (κ1) is 20.9. The fraction of sp³-hybridized carbons (Fsp3) is 0.316.